The van der Waals surface area contributed by atoms with Crippen LogP contribution in [-0.4, -0.2) is 41.5 Å². The SMILES string of the molecule is CC(C)(C(=O)O)C(=O)N1CCCC(CNc2ccc(Cl)cc2)C1. The number of carbonyl (C=O) groups excluding carboxylic acids is 1. The molecule has 0 bridgehead atoms. The molecule has 5 nitrogen and oxygen atoms in total. The lowest BCUT2D eigenvalue weighted by Gasteiger charge is -2.36. The van der Waals surface area contributed by atoms with Crippen LogP contribution in [0.4, 0.5) is 5.69 Å². The zero-order valence-electron chi connectivity index (χ0n) is 13.5. The minimum atomic E-state index is -1.37. The van der Waals surface area contributed by atoms with Gasteiger partial charge in [-0.25, -0.2) is 0 Å². The summed E-state index contributed by atoms with van der Waals surface area (Å²) in [4.78, 5) is 25.4. The molecule has 1 saturated heterocycles. The lowest BCUT2D eigenvalue weighted by Crippen LogP contribution is -2.49. The van der Waals surface area contributed by atoms with E-state index in [9.17, 15) is 14.7 Å². The Bertz CT molecular complexity index is 572. The van der Waals surface area contributed by atoms with Crippen LogP contribution in [-0.2, 0) is 9.59 Å². The van der Waals surface area contributed by atoms with E-state index in [1.54, 1.807) is 4.90 Å². The van der Waals surface area contributed by atoms with Crippen LogP contribution in [0.3, 0.4) is 0 Å². The van der Waals surface area contributed by atoms with Crippen LogP contribution in [0.1, 0.15) is 26.7 Å². The number of carboxylic acid groups (broad SMARTS) is 1. The van der Waals surface area contributed by atoms with Gasteiger partial charge in [0.1, 0.15) is 5.41 Å². The molecule has 1 aromatic rings. The van der Waals surface area contributed by atoms with Crippen LogP contribution < -0.4 is 5.32 Å². The summed E-state index contributed by atoms with van der Waals surface area (Å²) in [7, 11) is 0. The summed E-state index contributed by atoms with van der Waals surface area (Å²) >= 11 is 5.86. The summed E-state index contributed by atoms with van der Waals surface area (Å²) in [6.45, 7) is 4.91. The lowest BCUT2D eigenvalue weighted by atomic mass is 9.89. The van der Waals surface area contributed by atoms with Crippen molar-refractivity contribution < 1.29 is 14.7 Å². The maximum absolute atomic E-state index is 12.4. The van der Waals surface area contributed by atoms with Crippen molar-refractivity contribution in [3.63, 3.8) is 0 Å². The number of hydrogen-bond acceptors (Lipinski definition) is 3. The first kappa shape index (κ1) is 17.6. The van der Waals surface area contributed by atoms with Gasteiger partial charge in [0.15, 0.2) is 0 Å². The highest BCUT2D eigenvalue weighted by molar-refractivity contribution is 6.30. The van der Waals surface area contributed by atoms with Crippen molar-refractivity contribution in [3.05, 3.63) is 29.3 Å². The number of aliphatic carboxylic acids is 1. The number of benzene rings is 1. The number of likely N-dealkylation sites (tertiary alicyclic amines) is 1. The molecule has 1 fully saturated rings. The molecule has 1 unspecified atom stereocenters. The van der Waals surface area contributed by atoms with Crippen molar-refractivity contribution in [1.82, 2.24) is 4.90 Å². The molecular formula is C17H23ClN2O3. The number of amides is 1. The van der Waals surface area contributed by atoms with Gasteiger partial charge in [-0.05, 0) is 56.9 Å². The molecule has 1 aliphatic rings. The first-order chi connectivity index (χ1) is 10.8. The van der Waals surface area contributed by atoms with Crippen molar-refractivity contribution in [2.45, 2.75) is 26.7 Å². The second kappa shape index (κ2) is 7.21. The average Bonchev–Trinajstić information content (AvgIpc) is 2.53. The Labute approximate surface area is 141 Å². The van der Waals surface area contributed by atoms with E-state index in [4.69, 9.17) is 11.6 Å². The standard InChI is InChI=1S/C17H23ClN2O3/c1-17(2,16(22)23)15(21)20-9-3-4-12(11-20)10-19-14-7-5-13(18)6-8-14/h5-8,12,19H,3-4,9-11H2,1-2H3,(H,22,23). The van der Waals surface area contributed by atoms with Gasteiger partial charge in [0.05, 0.1) is 0 Å². The number of rotatable bonds is 5. The van der Waals surface area contributed by atoms with E-state index in [2.05, 4.69) is 5.32 Å². The van der Waals surface area contributed by atoms with E-state index < -0.39 is 11.4 Å². The third-order valence-electron chi connectivity index (χ3n) is 4.31. The Morgan fingerprint density at radius 2 is 2.00 bits per heavy atom. The number of carbonyl (C=O) groups is 2. The van der Waals surface area contributed by atoms with Crippen molar-refractivity contribution in [1.29, 1.82) is 0 Å². The van der Waals surface area contributed by atoms with Gasteiger partial charge in [0.2, 0.25) is 5.91 Å². The van der Waals surface area contributed by atoms with Crippen LogP contribution >= 0.6 is 11.6 Å². The Balaban J connectivity index is 1.91. The van der Waals surface area contributed by atoms with Crippen molar-refractivity contribution >= 4 is 29.2 Å². The Morgan fingerprint density at radius 3 is 2.61 bits per heavy atom. The molecule has 1 aliphatic heterocycles. The molecule has 1 aromatic carbocycles. The fourth-order valence-corrected chi connectivity index (χ4v) is 2.86. The monoisotopic (exact) mass is 338 g/mol. The van der Waals surface area contributed by atoms with Crippen LogP contribution in [0.15, 0.2) is 24.3 Å². The molecule has 0 spiro atoms. The van der Waals surface area contributed by atoms with Gasteiger partial charge in [-0.1, -0.05) is 11.6 Å². The average molecular weight is 339 g/mol. The zero-order valence-corrected chi connectivity index (χ0v) is 14.3. The Hall–Kier alpha value is -1.75. The summed E-state index contributed by atoms with van der Waals surface area (Å²) in [5.41, 5.74) is -0.380. The van der Waals surface area contributed by atoms with E-state index >= 15 is 0 Å². The van der Waals surface area contributed by atoms with Crippen LogP contribution in [0, 0.1) is 11.3 Å². The second-order valence-electron chi connectivity index (χ2n) is 6.58. The molecule has 23 heavy (non-hydrogen) atoms. The maximum atomic E-state index is 12.4. The minimum Gasteiger partial charge on any atom is -0.480 e. The van der Waals surface area contributed by atoms with Gasteiger partial charge in [-0.2, -0.15) is 0 Å². The quantitative estimate of drug-likeness (QED) is 0.809. The molecule has 0 aromatic heterocycles. The summed E-state index contributed by atoms with van der Waals surface area (Å²) in [6.07, 6.45) is 1.92. The molecule has 126 valence electrons. The van der Waals surface area contributed by atoms with E-state index in [1.807, 2.05) is 24.3 Å². The number of anilines is 1. The van der Waals surface area contributed by atoms with Crippen LogP contribution in [0.25, 0.3) is 0 Å². The van der Waals surface area contributed by atoms with Gasteiger partial charge in [-0.3, -0.25) is 9.59 Å². The molecule has 0 radical (unpaired) electrons. The van der Waals surface area contributed by atoms with Crippen LogP contribution in [0.5, 0.6) is 0 Å². The fraction of sp³-hybridized carbons (Fsp3) is 0.529. The summed E-state index contributed by atoms with van der Waals surface area (Å²) in [5.74, 6) is -1.07. The van der Waals surface area contributed by atoms with Gasteiger partial charge < -0.3 is 15.3 Å². The fourth-order valence-electron chi connectivity index (χ4n) is 2.73. The Kier molecular flexibility index (Phi) is 5.52. The molecule has 6 heteroatoms. The number of piperidine rings is 1. The van der Waals surface area contributed by atoms with E-state index in [1.165, 1.54) is 13.8 Å². The predicted molar refractivity (Wildman–Crippen MR) is 90.7 cm³/mol. The largest absolute Gasteiger partial charge is 0.480 e. The van der Waals surface area contributed by atoms with Gasteiger partial charge in [0.25, 0.3) is 0 Å². The molecular weight excluding hydrogens is 316 g/mol. The molecule has 2 rings (SSSR count). The highest BCUT2D eigenvalue weighted by Gasteiger charge is 2.40. The maximum Gasteiger partial charge on any atom is 0.318 e. The summed E-state index contributed by atoms with van der Waals surface area (Å²) in [5, 5.41) is 13.3. The normalized spacial score (nSPS) is 18.6. The molecule has 1 amide bonds. The topological polar surface area (TPSA) is 69.6 Å². The molecule has 1 heterocycles. The third-order valence-corrected chi connectivity index (χ3v) is 4.57. The Morgan fingerprint density at radius 1 is 1.35 bits per heavy atom. The number of halogens is 1. The van der Waals surface area contributed by atoms with Crippen molar-refractivity contribution in [2.75, 3.05) is 25.0 Å². The summed E-state index contributed by atoms with van der Waals surface area (Å²) in [6, 6.07) is 7.50. The highest BCUT2D eigenvalue weighted by Crippen LogP contribution is 2.25. The zero-order chi connectivity index (χ0) is 17.0. The third kappa shape index (κ3) is 4.38. The van der Waals surface area contributed by atoms with E-state index in [0.717, 1.165) is 25.1 Å². The molecule has 0 saturated carbocycles. The molecule has 1 atom stereocenters. The molecule has 0 aliphatic carbocycles. The van der Waals surface area contributed by atoms with E-state index in [-0.39, 0.29) is 5.91 Å². The molecule has 2 N–H and O–H groups in total. The first-order valence-corrected chi connectivity index (χ1v) is 8.20. The van der Waals surface area contributed by atoms with Crippen molar-refractivity contribution in [3.8, 4) is 0 Å². The van der Waals surface area contributed by atoms with Gasteiger partial charge in [-0.15, -0.1) is 0 Å². The predicted octanol–water partition coefficient (Wildman–Crippen LogP) is 3.10. The number of nitrogens with zero attached hydrogens (tertiary/aromatic N) is 1. The first-order valence-electron chi connectivity index (χ1n) is 7.83. The van der Waals surface area contributed by atoms with Gasteiger partial charge >= 0.3 is 5.97 Å². The van der Waals surface area contributed by atoms with Gasteiger partial charge in [0, 0.05) is 30.3 Å². The number of nitrogens with one attached hydrogen (secondary N) is 1. The second-order valence-corrected chi connectivity index (χ2v) is 7.01. The highest BCUT2D eigenvalue weighted by atomic mass is 35.5. The van der Waals surface area contributed by atoms with Crippen LogP contribution in [0.2, 0.25) is 5.02 Å². The smallest absolute Gasteiger partial charge is 0.318 e. The number of hydrogen-bond donors (Lipinski definition) is 2. The lowest BCUT2D eigenvalue weighted by molar-refractivity contribution is -0.159. The number of carboxylic acids is 1. The minimum absolute atomic E-state index is 0.304. The summed E-state index contributed by atoms with van der Waals surface area (Å²) < 4.78 is 0. The van der Waals surface area contributed by atoms with Crippen molar-refractivity contribution in [2.24, 2.45) is 11.3 Å². The van der Waals surface area contributed by atoms with E-state index in [0.29, 0.717) is 24.0 Å².